The number of carbonyl (C=O) groups excluding carboxylic acids is 3. The minimum atomic E-state index is -5.38. The molecular formula is C20H17Cl2F3N4O4. The van der Waals surface area contributed by atoms with Crippen molar-refractivity contribution in [1.29, 1.82) is 0 Å². The zero-order chi connectivity index (χ0) is 24.2. The van der Waals surface area contributed by atoms with Crippen LogP contribution in [0.25, 0.3) is 0 Å². The number of carbonyl (C=O) groups is 3. The fraction of sp³-hybridized carbons (Fsp3) is 0.300. The van der Waals surface area contributed by atoms with Gasteiger partial charge in [0, 0.05) is 17.1 Å². The Morgan fingerprint density at radius 1 is 1.09 bits per heavy atom. The van der Waals surface area contributed by atoms with Crippen molar-refractivity contribution in [1.82, 2.24) is 10.3 Å². The van der Waals surface area contributed by atoms with Crippen LogP contribution in [0.2, 0.25) is 10.0 Å². The van der Waals surface area contributed by atoms with E-state index >= 15 is 0 Å². The number of benzene rings is 1. The molecule has 0 spiro atoms. The van der Waals surface area contributed by atoms with E-state index in [1.165, 1.54) is 24.3 Å². The number of hydrogen-bond donors (Lipinski definition) is 2. The highest BCUT2D eigenvalue weighted by molar-refractivity contribution is 6.31. The average molecular weight is 505 g/mol. The zero-order valence-electron chi connectivity index (χ0n) is 16.8. The fourth-order valence-corrected chi connectivity index (χ4v) is 3.33. The van der Waals surface area contributed by atoms with Gasteiger partial charge in [0.15, 0.2) is 5.82 Å². The summed E-state index contributed by atoms with van der Waals surface area (Å²) in [5.74, 6) is -4.98. The van der Waals surface area contributed by atoms with Crippen LogP contribution in [-0.2, 0) is 14.4 Å². The predicted octanol–water partition coefficient (Wildman–Crippen LogP) is 3.99. The maximum absolute atomic E-state index is 13.2. The summed E-state index contributed by atoms with van der Waals surface area (Å²) < 4.78 is 38.5. The van der Waals surface area contributed by atoms with Crippen LogP contribution in [0, 0.1) is 5.92 Å². The van der Waals surface area contributed by atoms with Gasteiger partial charge in [-0.2, -0.15) is 13.2 Å². The molecule has 3 rings (SSSR count). The van der Waals surface area contributed by atoms with E-state index < -0.39 is 23.9 Å². The molecule has 1 aliphatic rings. The number of halogens is 5. The molecule has 2 aromatic rings. The van der Waals surface area contributed by atoms with Gasteiger partial charge in [-0.3, -0.25) is 9.59 Å². The molecule has 2 amide bonds. The minimum absolute atomic E-state index is 0.0574. The van der Waals surface area contributed by atoms with E-state index in [0.717, 1.165) is 12.3 Å². The van der Waals surface area contributed by atoms with Crippen molar-refractivity contribution in [3.63, 3.8) is 0 Å². The molecule has 8 nitrogen and oxygen atoms in total. The third-order valence-corrected chi connectivity index (χ3v) is 5.15. The van der Waals surface area contributed by atoms with Gasteiger partial charge in [-0.25, -0.2) is 9.78 Å². The van der Waals surface area contributed by atoms with Crippen LogP contribution >= 0.6 is 23.2 Å². The molecule has 2 heterocycles. The van der Waals surface area contributed by atoms with Crippen LogP contribution in [0.5, 0.6) is 0 Å². The van der Waals surface area contributed by atoms with Crippen molar-refractivity contribution in [2.24, 2.45) is 5.92 Å². The van der Waals surface area contributed by atoms with Gasteiger partial charge in [0.05, 0.1) is 16.3 Å². The summed E-state index contributed by atoms with van der Waals surface area (Å²) >= 11 is 11.7. The average Bonchev–Trinajstić information content (AvgIpc) is 2.77. The van der Waals surface area contributed by atoms with E-state index in [9.17, 15) is 27.6 Å². The topological polar surface area (TPSA) is 101 Å². The summed E-state index contributed by atoms with van der Waals surface area (Å²) in [6, 6.07) is 6.09. The molecular weight excluding hydrogens is 488 g/mol. The SMILES string of the molecule is O=C(Nc1cc(Cl)ccc1C(=O)N(OC(=O)C(F)(F)F)c1ccc(Cl)cn1)C1CCNCC1. The van der Waals surface area contributed by atoms with E-state index in [4.69, 9.17) is 23.2 Å². The Hall–Kier alpha value is -2.89. The molecule has 0 aliphatic carbocycles. The first-order valence-electron chi connectivity index (χ1n) is 9.62. The minimum Gasteiger partial charge on any atom is -0.325 e. The standard InChI is InChI=1S/C20H17Cl2F3N4O4/c21-12-1-3-14(15(9-12)28-17(30)11-5-7-26-8-6-11)18(31)29(33-19(32)20(23,24)25)16-4-2-13(22)10-27-16/h1-4,9-11,26H,5-8H2,(H,28,30). The van der Waals surface area contributed by atoms with Crippen molar-refractivity contribution in [2.45, 2.75) is 19.0 Å². The number of aromatic nitrogens is 1. The maximum Gasteiger partial charge on any atom is 0.493 e. The molecule has 1 aliphatic heterocycles. The number of piperidine rings is 1. The number of pyridine rings is 1. The van der Waals surface area contributed by atoms with E-state index in [-0.39, 0.29) is 38.2 Å². The number of hydroxylamine groups is 1. The van der Waals surface area contributed by atoms with Crippen LogP contribution in [0.15, 0.2) is 36.5 Å². The Bertz CT molecular complexity index is 1040. The van der Waals surface area contributed by atoms with Gasteiger partial charge in [0.1, 0.15) is 0 Å². The molecule has 2 N–H and O–H groups in total. The second-order valence-electron chi connectivity index (χ2n) is 7.01. The number of anilines is 2. The zero-order valence-corrected chi connectivity index (χ0v) is 18.3. The lowest BCUT2D eigenvalue weighted by molar-refractivity contribution is -0.200. The number of rotatable bonds is 4. The van der Waals surface area contributed by atoms with Gasteiger partial charge in [-0.15, -0.1) is 5.06 Å². The lowest BCUT2D eigenvalue weighted by Gasteiger charge is -2.24. The molecule has 1 aromatic heterocycles. The third kappa shape index (κ3) is 6.34. The molecule has 0 atom stereocenters. The number of nitrogens with zero attached hydrogens (tertiary/aromatic N) is 2. The smallest absolute Gasteiger partial charge is 0.325 e. The van der Waals surface area contributed by atoms with Gasteiger partial charge in [-0.1, -0.05) is 23.2 Å². The Morgan fingerprint density at radius 3 is 2.36 bits per heavy atom. The molecule has 176 valence electrons. The molecule has 1 fully saturated rings. The normalized spacial score (nSPS) is 14.5. The summed E-state index contributed by atoms with van der Waals surface area (Å²) in [7, 11) is 0. The first-order chi connectivity index (χ1) is 15.6. The predicted molar refractivity (Wildman–Crippen MR) is 114 cm³/mol. The van der Waals surface area contributed by atoms with Crippen molar-refractivity contribution in [2.75, 3.05) is 23.5 Å². The lowest BCUT2D eigenvalue weighted by Crippen LogP contribution is -2.40. The number of amides is 2. The molecule has 33 heavy (non-hydrogen) atoms. The Balaban J connectivity index is 1.95. The molecule has 13 heteroatoms. The molecule has 0 saturated carbocycles. The molecule has 0 unspecified atom stereocenters. The number of nitrogens with one attached hydrogen (secondary N) is 2. The quantitative estimate of drug-likeness (QED) is 0.610. The molecule has 1 aromatic carbocycles. The molecule has 1 saturated heterocycles. The number of hydrogen-bond acceptors (Lipinski definition) is 6. The van der Waals surface area contributed by atoms with Crippen molar-refractivity contribution in [3.05, 3.63) is 52.1 Å². The van der Waals surface area contributed by atoms with E-state index in [2.05, 4.69) is 20.5 Å². The number of alkyl halides is 3. The van der Waals surface area contributed by atoms with Gasteiger partial charge < -0.3 is 15.5 Å². The van der Waals surface area contributed by atoms with Crippen molar-refractivity contribution < 1.29 is 32.4 Å². The summed E-state index contributed by atoms with van der Waals surface area (Å²) in [4.78, 5) is 45.4. The van der Waals surface area contributed by atoms with Crippen LogP contribution in [0.4, 0.5) is 24.7 Å². The summed E-state index contributed by atoms with van der Waals surface area (Å²) in [5, 5.41) is 6.09. The van der Waals surface area contributed by atoms with Crippen molar-refractivity contribution in [3.8, 4) is 0 Å². The van der Waals surface area contributed by atoms with Gasteiger partial charge in [0.2, 0.25) is 5.91 Å². The highest BCUT2D eigenvalue weighted by atomic mass is 35.5. The molecule has 0 radical (unpaired) electrons. The van der Waals surface area contributed by atoms with Crippen LogP contribution in [-0.4, -0.2) is 42.0 Å². The highest BCUT2D eigenvalue weighted by Gasteiger charge is 2.44. The van der Waals surface area contributed by atoms with Crippen LogP contribution in [0.3, 0.4) is 0 Å². The largest absolute Gasteiger partial charge is 0.493 e. The van der Waals surface area contributed by atoms with Crippen LogP contribution < -0.4 is 15.7 Å². The second kappa shape index (κ2) is 10.4. The monoisotopic (exact) mass is 504 g/mol. The Morgan fingerprint density at radius 2 is 1.76 bits per heavy atom. The molecule has 0 bridgehead atoms. The third-order valence-electron chi connectivity index (χ3n) is 4.69. The van der Waals surface area contributed by atoms with E-state index in [0.29, 0.717) is 25.9 Å². The van der Waals surface area contributed by atoms with Crippen molar-refractivity contribution >= 4 is 52.5 Å². The first kappa shape index (κ1) is 24.7. The van der Waals surface area contributed by atoms with Gasteiger partial charge in [-0.05, 0) is 56.3 Å². The van der Waals surface area contributed by atoms with E-state index in [1.807, 2.05) is 0 Å². The summed E-state index contributed by atoms with van der Waals surface area (Å²) in [5.41, 5.74) is -0.327. The maximum atomic E-state index is 13.2. The van der Waals surface area contributed by atoms with Gasteiger partial charge in [0.25, 0.3) is 5.91 Å². The lowest BCUT2D eigenvalue weighted by atomic mass is 9.97. The Kier molecular flexibility index (Phi) is 7.77. The highest BCUT2D eigenvalue weighted by Crippen LogP contribution is 2.28. The fourth-order valence-electron chi connectivity index (χ4n) is 3.05. The Labute approximate surface area is 196 Å². The first-order valence-corrected chi connectivity index (χ1v) is 10.4. The summed E-state index contributed by atoms with van der Waals surface area (Å²) in [6.45, 7) is 1.28. The van der Waals surface area contributed by atoms with Gasteiger partial charge >= 0.3 is 12.1 Å². The summed E-state index contributed by atoms with van der Waals surface area (Å²) in [6.07, 6.45) is -3.18. The van der Waals surface area contributed by atoms with Crippen LogP contribution in [0.1, 0.15) is 23.2 Å². The second-order valence-corrected chi connectivity index (χ2v) is 7.89. The van der Waals surface area contributed by atoms with E-state index in [1.54, 1.807) is 0 Å².